The van der Waals surface area contributed by atoms with Crippen molar-refractivity contribution in [2.45, 2.75) is 19.4 Å². The predicted octanol–water partition coefficient (Wildman–Crippen LogP) is 2.84. The number of anilines is 1. The number of pyridine rings is 1. The van der Waals surface area contributed by atoms with E-state index in [4.69, 9.17) is 0 Å². The SMILES string of the molecule is CN(Cc1cn(C)c2c(O)cccc12)C(=O)/C=C/c1cnc2c(c1)CCC(=O)N2. The Morgan fingerprint density at radius 3 is 3.03 bits per heavy atom. The van der Waals surface area contributed by atoms with Crippen molar-refractivity contribution in [3.63, 3.8) is 0 Å². The minimum absolute atomic E-state index is 0.0214. The number of nitrogens with one attached hydrogen (secondary N) is 1. The fourth-order valence-corrected chi connectivity index (χ4v) is 3.65. The molecule has 1 aromatic carbocycles. The second-order valence-electron chi connectivity index (χ2n) is 7.29. The van der Waals surface area contributed by atoms with Crippen LogP contribution in [0.25, 0.3) is 17.0 Å². The molecule has 2 amide bonds. The van der Waals surface area contributed by atoms with Crippen LogP contribution in [0.4, 0.5) is 5.82 Å². The summed E-state index contributed by atoms with van der Waals surface area (Å²) < 4.78 is 1.87. The molecule has 0 aliphatic carbocycles. The van der Waals surface area contributed by atoms with E-state index in [1.807, 2.05) is 29.9 Å². The lowest BCUT2D eigenvalue weighted by Gasteiger charge is -2.16. The summed E-state index contributed by atoms with van der Waals surface area (Å²) in [5.41, 5.74) is 3.51. The predicted molar refractivity (Wildman–Crippen MR) is 111 cm³/mol. The van der Waals surface area contributed by atoms with E-state index in [0.29, 0.717) is 25.2 Å². The number of nitrogens with zero attached hydrogens (tertiary/aromatic N) is 3. The molecule has 1 aliphatic rings. The molecule has 148 valence electrons. The number of likely N-dealkylation sites (N-methyl/N-ethyl adjacent to an activating group) is 1. The van der Waals surface area contributed by atoms with Gasteiger partial charge >= 0.3 is 0 Å². The van der Waals surface area contributed by atoms with Crippen molar-refractivity contribution >= 4 is 34.6 Å². The molecule has 0 saturated carbocycles. The maximum atomic E-state index is 12.6. The first-order chi connectivity index (χ1) is 13.9. The van der Waals surface area contributed by atoms with Gasteiger partial charge in [-0.05, 0) is 41.3 Å². The zero-order valence-electron chi connectivity index (χ0n) is 16.3. The standard InChI is InChI=1S/C22H22N4O3/c1-25(12-16-13-26(2)21-17(16)4-3-5-18(21)27)20(29)9-6-14-10-15-7-8-19(28)24-22(15)23-11-14/h3-6,9-11,13,27H,7-8,12H2,1-2H3,(H,23,24,28)/b9-6+. The molecule has 3 heterocycles. The molecule has 29 heavy (non-hydrogen) atoms. The molecule has 1 aliphatic heterocycles. The number of carbonyl (C=O) groups excluding carboxylic acids is 2. The number of hydrogen-bond acceptors (Lipinski definition) is 4. The van der Waals surface area contributed by atoms with Gasteiger partial charge < -0.3 is 19.9 Å². The van der Waals surface area contributed by atoms with Crippen LogP contribution in [0.15, 0.2) is 42.7 Å². The number of carbonyl (C=O) groups is 2. The zero-order valence-corrected chi connectivity index (χ0v) is 16.3. The van der Waals surface area contributed by atoms with E-state index in [1.54, 1.807) is 36.4 Å². The van der Waals surface area contributed by atoms with Crippen molar-refractivity contribution < 1.29 is 14.7 Å². The Hall–Kier alpha value is -3.61. The third kappa shape index (κ3) is 3.71. The van der Waals surface area contributed by atoms with Crippen molar-refractivity contribution in [2.75, 3.05) is 12.4 Å². The first kappa shape index (κ1) is 18.7. The smallest absolute Gasteiger partial charge is 0.246 e. The third-order valence-corrected chi connectivity index (χ3v) is 5.13. The van der Waals surface area contributed by atoms with Crippen LogP contribution in [0.2, 0.25) is 0 Å². The van der Waals surface area contributed by atoms with Crippen molar-refractivity contribution in [3.8, 4) is 5.75 Å². The number of para-hydroxylation sites is 1. The van der Waals surface area contributed by atoms with Gasteiger partial charge in [-0.1, -0.05) is 12.1 Å². The summed E-state index contributed by atoms with van der Waals surface area (Å²) in [6.07, 6.45) is 7.92. The van der Waals surface area contributed by atoms with Gasteiger partial charge in [0.1, 0.15) is 11.6 Å². The maximum Gasteiger partial charge on any atom is 0.246 e. The fourth-order valence-electron chi connectivity index (χ4n) is 3.65. The molecule has 0 bridgehead atoms. The lowest BCUT2D eigenvalue weighted by molar-refractivity contribution is -0.125. The van der Waals surface area contributed by atoms with Crippen molar-refractivity contribution in [3.05, 3.63) is 59.4 Å². The number of aromatic nitrogens is 2. The average molecular weight is 390 g/mol. The normalized spacial score (nSPS) is 13.5. The number of rotatable bonds is 4. The molecule has 4 rings (SSSR count). The number of benzene rings is 1. The van der Waals surface area contributed by atoms with E-state index >= 15 is 0 Å². The Bertz CT molecular complexity index is 1150. The summed E-state index contributed by atoms with van der Waals surface area (Å²) in [6.45, 7) is 0.429. The van der Waals surface area contributed by atoms with Crippen molar-refractivity contribution in [2.24, 2.45) is 7.05 Å². The molecular formula is C22H22N4O3. The number of amides is 2. The first-order valence-electron chi connectivity index (χ1n) is 9.40. The highest BCUT2D eigenvalue weighted by Gasteiger charge is 2.16. The quantitative estimate of drug-likeness (QED) is 0.671. The summed E-state index contributed by atoms with van der Waals surface area (Å²) >= 11 is 0. The van der Waals surface area contributed by atoms with E-state index in [-0.39, 0.29) is 17.6 Å². The highest BCUT2D eigenvalue weighted by Crippen LogP contribution is 2.29. The minimum atomic E-state index is -0.131. The fraction of sp³-hybridized carbons (Fsp3) is 0.227. The second kappa shape index (κ2) is 7.43. The Balaban J connectivity index is 1.48. The van der Waals surface area contributed by atoms with Crippen LogP contribution in [0.1, 0.15) is 23.1 Å². The van der Waals surface area contributed by atoms with Crippen LogP contribution in [0.5, 0.6) is 5.75 Å². The van der Waals surface area contributed by atoms with Crippen LogP contribution in [-0.4, -0.2) is 38.4 Å². The summed E-state index contributed by atoms with van der Waals surface area (Å²) in [4.78, 5) is 29.9. The van der Waals surface area contributed by atoms with Gasteiger partial charge in [-0.25, -0.2) is 4.98 Å². The van der Waals surface area contributed by atoms with Gasteiger partial charge in [0.15, 0.2) is 0 Å². The summed E-state index contributed by atoms with van der Waals surface area (Å²) in [7, 11) is 3.62. The maximum absolute atomic E-state index is 12.6. The van der Waals surface area contributed by atoms with Gasteiger partial charge in [0.2, 0.25) is 11.8 Å². The topological polar surface area (TPSA) is 87.5 Å². The lowest BCUT2D eigenvalue weighted by atomic mass is 10.0. The third-order valence-electron chi connectivity index (χ3n) is 5.13. The molecule has 3 aromatic rings. The molecule has 0 radical (unpaired) electrons. The number of hydrogen-bond donors (Lipinski definition) is 2. The number of phenols is 1. The van der Waals surface area contributed by atoms with Crippen molar-refractivity contribution in [1.29, 1.82) is 0 Å². The summed E-state index contributed by atoms with van der Waals surface area (Å²) in [6, 6.07) is 7.34. The molecule has 0 unspecified atom stereocenters. The van der Waals surface area contributed by atoms with Crippen LogP contribution in [0, 0.1) is 0 Å². The monoisotopic (exact) mass is 390 g/mol. The van der Waals surface area contributed by atoms with E-state index in [0.717, 1.165) is 27.6 Å². The van der Waals surface area contributed by atoms with Crippen LogP contribution in [0.3, 0.4) is 0 Å². The molecular weight excluding hydrogens is 368 g/mol. The van der Waals surface area contributed by atoms with E-state index < -0.39 is 0 Å². The molecule has 7 nitrogen and oxygen atoms in total. The van der Waals surface area contributed by atoms with Gasteiger partial charge in [-0.3, -0.25) is 9.59 Å². The summed E-state index contributed by atoms with van der Waals surface area (Å²) in [5, 5.41) is 13.8. The van der Waals surface area contributed by atoms with Gasteiger partial charge in [-0.15, -0.1) is 0 Å². The van der Waals surface area contributed by atoms with E-state index in [9.17, 15) is 14.7 Å². The average Bonchev–Trinajstić information content (AvgIpc) is 3.02. The molecule has 7 heteroatoms. The van der Waals surface area contributed by atoms with Crippen LogP contribution < -0.4 is 5.32 Å². The number of fused-ring (bicyclic) bond motifs is 2. The lowest BCUT2D eigenvalue weighted by Crippen LogP contribution is -2.24. The first-order valence-corrected chi connectivity index (χ1v) is 9.40. The molecule has 0 saturated heterocycles. The highest BCUT2D eigenvalue weighted by atomic mass is 16.3. The van der Waals surface area contributed by atoms with E-state index in [1.165, 1.54) is 6.08 Å². The molecule has 0 spiro atoms. The Morgan fingerprint density at radius 1 is 1.38 bits per heavy atom. The Morgan fingerprint density at radius 2 is 2.21 bits per heavy atom. The zero-order chi connectivity index (χ0) is 20.5. The molecule has 2 N–H and O–H groups in total. The van der Waals surface area contributed by atoms with Gasteiger partial charge in [0.05, 0.1) is 5.52 Å². The van der Waals surface area contributed by atoms with E-state index in [2.05, 4.69) is 10.3 Å². The van der Waals surface area contributed by atoms with Crippen molar-refractivity contribution in [1.82, 2.24) is 14.5 Å². The Labute approximate surface area is 168 Å². The van der Waals surface area contributed by atoms with Gasteiger partial charge in [0, 0.05) is 50.9 Å². The molecule has 0 atom stereocenters. The largest absolute Gasteiger partial charge is 0.506 e. The van der Waals surface area contributed by atoms with Gasteiger partial charge in [0.25, 0.3) is 0 Å². The minimum Gasteiger partial charge on any atom is -0.506 e. The van der Waals surface area contributed by atoms with Crippen LogP contribution >= 0.6 is 0 Å². The number of aryl methyl sites for hydroxylation is 2. The summed E-state index contributed by atoms with van der Waals surface area (Å²) in [5.74, 6) is 0.669. The molecule has 2 aromatic heterocycles. The van der Waals surface area contributed by atoms with Gasteiger partial charge in [-0.2, -0.15) is 0 Å². The highest BCUT2D eigenvalue weighted by molar-refractivity contribution is 5.94. The number of phenolic OH excluding ortho intramolecular Hbond substituents is 1. The number of aromatic hydroxyl groups is 1. The molecule has 0 fully saturated rings. The Kier molecular flexibility index (Phi) is 4.80. The van der Waals surface area contributed by atoms with Crippen LogP contribution in [-0.2, 0) is 29.6 Å². The second-order valence-corrected chi connectivity index (χ2v) is 7.29.